The van der Waals surface area contributed by atoms with Gasteiger partial charge in [0.25, 0.3) is 0 Å². The summed E-state index contributed by atoms with van der Waals surface area (Å²) in [6.07, 6.45) is 2.33. The molecule has 1 aliphatic rings. The predicted molar refractivity (Wildman–Crippen MR) is 118 cm³/mol. The maximum Gasteiger partial charge on any atom is 0.246 e. The lowest BCUT2D eigenvalue weighted by Gasteiger charge is -2.31. The average molecular weight is 462 g/mol. The van der Waals surface area contributed by atoms with Crippen LogP contribution in [0.1, 0.15) is 37.1 Å². The highest BCUT2D eigenvalue weighted by Gasteiger charge is 2.34. The van der Waals surface area contributed by atoms with Gasteiger partial charge in [-0.15, -0.1) is 0 Å². The van der Waals surface area contributed by atoms with Gasteiger partial charge in [0.15, 0.2) is 0 Å². The molecule has 1 fully saturated rings. The van der Waals surface area contributed by atoms with Crippen LogP contribution in [-0.2, 0) is 14.8 Å². The molecule has 3 heterocycles. The van der Waals surface area contributed by atoms with Crippen LogP contribution in [0.25, 0.3) is 11.0 Å². The highest BCUT2D eigenvalue weighted by Crippen LogP contribution is 2.30. The largest absolute Gasteiger partial charge is 0.459 e. The van der Waals surface area contributed by atoms with Crippen molar-refractivity contribution in [2.75, 3.05) is 13.1 Å². The number of furan rings is 1. The highest BCUT2D eigenvalue weighted by molar-refractivity contribution is 7.89. The number of halogens is 1. The van der Waals surface area contributed by atoms with E-state index in [4.69, 9.17) is 16.0 Å². The molecule has 1 saturated heterocycles. The van der Waals surface area contributed by atoms with E-state index in [1.807, 2.05) is 38.1 Å². The van der Waals surface area contributed by atoms with Crippen LogP contribution in [0.5, 0.6) is 0 Å². The minimum Gasteiger partial charge on any atom is -0.459 e. The average Bonchev–Trinajstić information content (AvgIpc) is 3.11. The van der Waals surface area contributed by atoms with E-state index in [9.17, 15) is 13.2 Å². The van der Waals surface area contributed by atoms with Gasteiger partial charge in [-0.05, 0) is 44.9 Å². The summed E-state index contributed by atoms with van der Waals surface area (Å²) in [5.74, 6) is 0.382. The van der Waals surface area contributed by atoms with Gasteiger partial charge in [0.05, 0.1) is 6.04 Å². The fourth-order valence-corrected chi connectivity index (χ4v) is 5.96. The Balaban J connectivity index is 1.40. The summed E-state index contributed by atoms with van der Waals surface area (Å²) < 4.78 is 33.0. The number of hydrogen-bond acceptors (Lipinski definition) is 5. The molecule has 3 aromatic rings. The van der Waals surface area contributed by atoms with Crippen molar-refractivity contribution in [3.8, 4) is 0 Å². The molecule has 1 N–H and O–H groups in total. The number of amides is 1. The second-order valence-electron chi connectivity index (χ2n) is 7.79. The zero-order chi connectivity index (χ0) is 22.2. The highest BCUT2D eigenvalue weighted by atomic mass is 35.5. The third-order valence-corrected chi connectivity index (χ3v) is 8.14. The normalized spacial score (nSPS) is 17.0. The van der Waals surface area contributed by atoms with Crippen LogP contribution in [0.2, 0.25) is 5.15 Å². The van der Waals surface area contributed by atoms with Crippen LogP contribution in [0, 0.1) is 12.8 Å². The van der Waals surface area contributed by atoms with E-state index < -0.39 is 10.0 Å². The van der Waals surface area contributed by atoms with Gasteiger partial charge in [0.2, 0.25) is 15.9 Å². The maximum atomic E-state index is 12.9. The molecular formula is C22H24ClN3O4S. The number of rotatable bonds is 5. The number of carbonyl (C=O) groups is 1. The monoisotopic (exact) mass is 461 g/mol. The van der Waals surface area contributed by atoms with Gasteiger partial charge in [-0.1, -0.05) is 29.8 Å². The van der Waals surface area contributed by atoms with Gasteiger partial charge in [0, 0.05) is 36.2 Å². The van der Waals surface area contributed by atoms with Gasteiger partial charge in [-0.25, -0.2) is 13.4 Å². The molecule has 0 radical (unpaired) electrons. The second kappa shape index (κ2) is 8.61. The molecule has 0 bridgehead atoms. The lowest BCUT2D eigenvalue weighted by atomic mass is 9.96. The number of fused-ring (bicyclic) bond motifs is 1. The van der Waals surface area contributed by atoms with Crippen molar-refractivity contribution in [3.63, 3.8) is 0 Å². The van der Waals surface area contributed by atoms with Gasteiger partial charge in [-0.2, -0.15) is 4.31 Å². The second-order valence-corrected chi connectivity index (χ2v) is 10.1. The standard InChI is InChI=1S/C22H24ClN3O4S/c1-14-17-6-3-4-7-18(17)30-20(14)15(2)25-22(27)16-9-12-26(13-10-16)31(28,29)19-8-5-11-24-21(19)23/h3-8,11,15-16H,9-10,12-13H2,1-2H3,(H,25,27). The van der Waals surface area contributed by atoms with Crippen molar-refractivity contribution in [1.29, 1.82) is 0 Å². The molecule has 7 nitrogen and oxygen atoms in total. The van der Waals surface area contributed by atoms with Crippen molar-refractivity contribution >= 4 is 38.5 Å². The summed E-state index contributed by atoms with van der Waals surface area (Å²) in [6.45, 7) is 4.39. The van der Waals surface area contributed by atoms with Crippen LogP contribution in [0.4, 0.5) is 0 Å². The van der Waals surface area contributed by atoms with E-state index in [0.29, 0.717) is 12.8 Å². The molecule has 164 valence electrons. The Morgan fingerprint density at radius 1 is 1.23 bits per heavy atom. The van der Waals surface area contributed by atoms with Crippen molar-refractivity contribution in [1.82, 2.24) is 14.6 Å². The molecule has 0 spiro atoms. The lowest BCUT2D eigenvalue weighted by Crippen LogP contribution is -2.43. The molecule has 1 aliphatic heterocycles. The Hall–Kier alpha value is -2.42. The number of hydrogen-bond donors (Lipinski definition) is 1. The number of para-hydroxylation sites is 1. The molecule has 1 aromatic carbocycles. The number of nitrogens with one attached hydrogen (secondary N) is 1. The van der Waals surface area contributed by atoms with Crippen LogP contribution >= 0.6 is 11.6 Å². The summed E-state index contributed by atoms with van der Waals surface area (Å²) in [5.41, 5.74) is 1.81. The number of benzene rings is 1. The number of aromatic nitrogens is 1. The van der Waals surface area contributed by atoms with E-state index in [1.54, 1.807) is 6.07 Å². The predicted octanol–water partition coefficient (Wildman–Crippen LogP) is 4.07. The Morgan fingerprint density at radius 2 is 1.94 bits per heavy atom. The number of pyridine rings is 1. The van der Waals surface area contributed by atoms with E-state index in [-0.39, 0.29) is 41.0 Å². The third kappa shape index (κ3) is 4.20. The van der Waals surface area contributed by atoms with Crippen molar-refractivity contribution in [3.05, 3.63) is 59.1 Å². The summed E-state index contributed by atoms with van der Waals surface area (Å²) in [5, 5.41) is 4.02. The van der Waals surface area contributed by atoms with Crippen molar-refractivity contribution in [2.45, 2.75) is 37.6 Å². The lowest BCUT2D eigenvalue weighted by molar-refractivity contribution is -0.126. The van der Waals surface area contributed by atoms with E-state index in [1.165, 1.54) is 16.6 Å². The molecule has 0 saturated carbocycles. The Morgan fingerprint density at radius 3 is 2.61 bits per heavy atom. The first-order valence-electron chi connectivity index (χ1n) is 10.2. The fraction of sp³-hybridized carbons (Fsp3) is 0.364. The van der Waals surface area contributed by atoms with Crippen LogP contribution < -0.4 is 5.32 Å². The summed E-state index contributed by atoms with van der Waals surface area (Å²) in [6, 6.07) is 10.5. The fourth-order valence-electron chi connectivity index (χ4n) is 4.06. The number of aryl methyl sites for hydroxylation is 1. The molecule has 4 rings (SSSR count). The molecule has 9 heteroatoms. The van der Waals surface area contributed by atoms with Crippen LogP contribution in [-0.4, -0.2) is 36.7 Å². The molecule has 1 atom stereocenters. The maximum absolute atomic E-state index is 12.9. The van der Waals surface area contributed by atoms with Gasteiger partial charge >= 0.3 is 0 Å². The molecule has 1 amide bonds. The first kappa shape index (κ1) is 21.8. The van der Waals surface area contributed by atoms with Crippen molar-refractivity contribution in [2.24, 2.45) is 5.92 Å². The number of piperidine rings is 1. The van der Waals surface area contributed by atoms with E-state index >= 15 is 0 Å². The first-order valence-corrected chi connectivity index (χ1v) is 12.0. The van der Waals surface area contributed by atoms with Crippen LogP contribution in [0.15, 0.2) is 51.9 Å². The first-order chi connectivity index (χ1) is 14.8. The molecule has 0 aliphatic carbocycles. The molecule has 1 unspecified atom stereocenters. The smallest absolute Gasteiger partial charge is 0.246 e. The Labute approximate surface area is 186 Å². The summed E-state index contributed by atoms with van der Waals surface area (Å²) in [4.78, 5) is 16.7. The zero-order valence-electron chi connectivity index (χ0n) is 17.3. The number of nitrogens with zero attached hydrogens (tertiary/aromatic N) is 2. The Kier molecular flexibility index (Phi) is 6.05. The molecule has 31 heavy (non-hydrogen) atoms. The van der Waals surface area contributed by atoms with Crippen molar-refractivity contribution < 1.29 is 17.6 Å². The topological polar surface area (TPSA) is 92.5 Å². The number of sulfonamides is 1. The molecule has 2 aromatic heterocycles. The molecular weight excluding hydrogens is 438 g/mol. The quantitative estimate of drug-likeness (QED) is 0.578. The summed E-state index contributed by atoms with van der Waals surface area (Å²) in [7, 11) is -3.74. The number of carbonyl (C=O) groups excluding carboxylic acids is 1. The minimum absolute atomic E-state index is 0.00597. The third-order valence-electron chi connectivity index (χ3n) is 5.80. The zero-order valence-corrected chi connectivity index (χ0v) is 18.9. The van der Waals surface area contributed by atoms with E-state index in [2.05, 4.69) is 10.3 Å². The minimum atomic E-state index is -3.74. The van der Waals surface area contributed by atoms with Gasteiger partial charge in [-0.3, -0.25) is 4.79 Å². The Bertz CT molecular complexity index is 1220. The van der Waals surface area contributed by atoms with Crippen LogP contribution in [0.3, 0.4) is 0 Å². The van der Waals surface area contributed by atoms with E-state index in [0.717, 1.165) is 22.3 Å². The van der Waals surface area contributed by atoms with Gasteiger partial charge in [0.1, 0.15) is 21.4 Å². The van der Waals surface area contributed by atoms with Gasteiger partial charge < -0.3 is 9.73 Å². The SMILES string of the molecule is Cc1c(C(C)NC(=O)C2CCN(S(=O)(=O)c3cccnc3Cl)CC2)oc2ccccc12. The summed E-state index contributed by atoms with van der Waals surface area (Å²) >= 11 is 5.97.